The Balaban J connectivity index is 1.90. The van der Waals surface area contributed by atoms with E-state index in [2.05, 4.69) is 15.6 Å². The summed E-state index contributed by atoms with van der Waals surface area (Å²) in [5.74, 6) is 0.120. The number of pyridine rings is 1. The molecule has 3 rings (SSSR count). The second-order valence-electron chi connectivity index (χ2n) is 5.71. The zero-order chi connectivity index (χ0) is 21.0. The van der Waals surface area contributed by atoms with Crippen molar-refractivity contribution >= 4 is 40.6 Å². The van der Waals surface area contributed by atoms with Gasteiger partial charge in [-0.3, -0.25) is 4.98 Å². The van der Waals surface area contributed by atoms with Gasteiger partial charge in [-0.25, -0.2) is 4.79 Å². The summed E-state index contributed by atoms with van der Waals surface area (Å²) in [5.41, 5.74) is -0.795. The first-order valence-electron chi connectivity index (χ1n) is 8.04. The minimum atomic E-state index is -4.60. The van der Waals surface area contributed by atoms with Crippen molar-refractivity contribution in [1.82, 2.24) is 4.98 Å². The number of amides is 2. The molecule has 0 aliphatic carbocycles. The zero-order valence-electron chi connectivity index (χ0n) is 14.4. The Hall–Kier alpha value is -2.97. The average molecular weight is 442 g/mol. The van der Waals surface area contributed by atoms with Crippen LogP contribution in [0.25, 0.3) is 0 Å². The molecule has 2 amide bonds. The summed E-state index contributed by atoms with van der Waals surface area (Å²) in [5, 5.41) is 5.34. The Bertz CT molecular complexity index is 1030. The Morgan fingerprint density at radius 1 is 1.00 bits per heavy atom. The van der Waals surface area contributed by atoms with E-state index >= 15 is 0 Å². The van der Waals surface area contributed by atoms with Gasteiger partial charge in [-0.05, 0) is 48.5 Å². The number of rotatable bonds is 4. The Morgan fingerprint density at radius 3 is 2.41 bits per heavy atom. The molecule has 0 atom stereocenters. The lowest BCUT2D eigenvalue weighted by molar-refractivity contribution is -0.137. The van der Waals surface area contributed by atoms with Crippen LogP contribution < -0.4 is 15.4 Å². The maximum absolute atomic E-state index is 13.1. The number of hydrogen-bond donors (Lipinski definition) is 2. The second-order valence-corrected chi connectivity index (χ2v) is 6.55. The molecule has 0 bridgehead atoms. The highest BCUT2D eigenvalue weighted by Crippen LogP contribution is 2.39. The number of benzene rings is 2. The molecule has 150 valence electrons. The standard InChI is InChI=1S/C19H12Cl2F3N3O2/c20-12-4-6-16(14(21)9-12)29-17-5-3-11(19(22,23)24)8-15(17)27-18(28)26-13-2-1-7-25-10-13/h1-10H,(H2,26,27,28). The first-order valence-corrected chi connectivity index (χ1v) is 8.80. The van der Waals surface area contributed by atoms with Gasteiger partial charge in [0.1, 0.15) is 5.75 Å². The lowest BCUT2D eigenvalue weighted by atomic mass is 10.1. The van der Waals surface area contributed by atoms with Crippen LogP contribution in [-0.2, 0) is 6.18 Å². The molecule has 1 aromatic heterocycles. The monoisotopic (exact) mass is 441 g/mol. The number of carbonyl (C=O) groups excluding carboxylic acids is 1. The summed E-state index contributed by atoms with van der Waals surface area (Å²) < 4.78 is 44.9. The molecule has 0 radical (unpaired) electrons. The van der Waals surface area contributed by atoms with Crippen LogP contribution >= 0.6 is 23.2 Å². The third-order valence-corrected chi connectivity index (χ3v) is 4.12. The van der Waals surface area contributed by atoms with Gasteiger partial charge in [-0.2, -0.15) is 13.2 Å². The topological polar surface area (TPSA) is 63.2 Å². The van der Waals surface area contributed by atoms with Crippen molar-refractivity contribution in [3.63, 3.8) is 0 Å². The Morgan fingerprint density at radius 2 is 1.76 bits per heavy atom. The van der Waals surface area contributed by atoms with E-state index < -0.39 is 17.8 Å². The van der Waals surface area contributed by atoms with Crippen LogP contribution in [0.15, 0.2) is 60.9 Å². The van der Waals surface area contributed by atoms with Gasteiger partial charge in [0, 0.05) is 11.2 Å². The number of halogens is 5. The van der Waals surface area contributed by atoms with Gasteiger partial charge in [-0.15, -0.1) is 0 Å². The lowest BCUT2D eigenvalue weighted by Crippen LogP contribution is -2.20. The van der Waals surface area contributed by atoms with Crippen LogP contribution in [0.4, 0.5) is 29.3 Å². The fraction of sp³-hybridized carbons (Fsp3) is 0.0526. The van der Waals surface area contributed by atoms with Crippen LogP contribution in [0, 0.1) is 0 Å². The fourth-order valence-electron chi connectivity index (χ4n) is 2.29. The molecule has 0 fully saturated rings. The molecule has 2 aromatic carbocycles. The van der Waals surface area contributed by atoms with Crippen molar-refractivity contribution in [1.29, 1.82) is 0 Å². The van der Waals surface area contributed by atoms with E-state index in [9.17, 15) is 18.0 Å². The van der Waals surface area contributed by atoms with Crippen LogP contribution in [-0.4, -0.2) is 11.0 Å². The molecule has 0 unspecified atom stereocenters. The highest BCUT2D eigenvalue weighted by Gasteiger charge is 2.31. The van der Waals surface area contributed by atoms with Crippen molar-refractivity contribution in [2.75, 3.05) is 10.6 Å². The molecule has 0 spiro atoms. The highest BCUT2D eigenvalue weighted by atomic mass is 35.5. The molecule has 0 aliphatic heterocycles. The van der Waals surface area contributed by atoms with Crippen molar-refractivity contribution in [3.05, 3.63) is 76.5 Å². The Labute approximate surface area is 173 Å². The van der Waals surface area contributed by atoms with E-state index in [1.54, 1.807) is 12.1 Å². The molecule has 1 heterocycles. The van der Waals surface area contributed by atoms with Crippen molar-refractivity contribution in [3.8, 4) is 11.5 Å². The van der Waals surface area contributed by atoms with Crippen LogP contribution in [0.1, 0.15) is 5.56 Å². The number of urea groups is 1. The lowest BCUT2D eigenvalue weighted by Gasteiger charge is -2.16. The van der Waals surface area contributed by atoms with Crippen molar-refractivity contribution in [2.45, 2.75) is 6.18 Å². The molecule has 29 heavy (non-hydrogen) atoms. The van der Waals surface area contributed by atoms with Gasteiger partial charge in [-0.1, -0.05) is 23.2 Å². The Kier molecular flexibility index (Phi) is 6.14. The quantitative estimate of drug-likeness (QED) is 0.465. The minimum absolute atomic E-state index is 0.0384. The van der Waals surface area contributed by atoms with Crippen molar-refractivity contribution < 1.29 is 22.7 Å². The summed E-state index contributed by atoms with van der Waals surface area (Å²) in [6, 6.07) is 9.48. The van der Waals surface area contributed by atoms with E-state index in [0.717, 1.165) is 18.2 Å². The molecule has 10 heteroatoms. The van der Waals surface area contributed by atoms with E-state index in [1.165, 1.54) is 30.6 Å². The van der Waals surface area contributed by atoms with Gasteiger partial charge in [0.25, 0.3) is 0 Å². The summed E-state index contributed by atoms with van der Waals surface area (Å²) in [6.45, 7) is 0. The summed E-state index contributed by atoms with van der Waals surface area (Å²) >= 11 is 11.9. The molecule has 3 aromatic rings. The minimum Gasteiger partial charge on any atom is -0.454 e. The van der Waals surface area contributed by atoms with Crippen molar-refractivity contribution in [2.24, 2.45) is 0 Å². The van der Waals surface area contributed by atoms with E-state index in [-0.39, 0.29) is 22.2 Å². The number of carbonyl (C=O) groups is 1. The summed E-state index contributed by atoms with van der Waals surface area (Å²) in [4.78, 5) is 16.1. The smallest absolute Gasteiger partial charge is 0.416 e. The molecule has 5 nitrogen and oxygen atoms in total. The SMILES string of the molecule is O=C(Nc1cccnc1)Nc1cc(C(F)(F)F)ccc1Oc1ccc(Cl)cc1Cl. The summed E-state index contributed by atoms with van der Waals surface area (Å²) in [7, 11) is 0. The van der Waals surface area contributed by atoms with Gasteiger partial charge < -0.3 is 15.4 Å². The van der Waals surface area contributed by atoms with Crippen LogP contribution in [0.5, 0.6) is 11.5 Å². The maximum Gasteiger partial charge on any atom is 0.416 e. The predicted molar refractivity (Wildman–Crippen MR) is 105 cm³/mol. The zero-order valence-corrected chi connectivity index (χ0v) is 15.9. The molecule has 0 saturated heterocycles. The normalized spacial score (nSPS) is 11.1. The van der Waals surface area contributed by atoms with E-state index in [1.807, 2.05) is 0 Å². The molecular formula is C19H12Cl2F3N3O2. The first kappa shape index (κ1) is 20.8. The summed E-state index contributed by atoms with van der Waals surface area (Å²) in [6.07, 6.45) is -1.71. The number of hydrogen-bond acceptors (Lipinski definition) is 3. The fourth-order valence-corrected chi connectivity index (χ4v) is 2.74. The highest BCUT2D eigenvalue weighted by molar-refractivity contribution is 6.35. The van der Waals surface area contributed by atoms with Gasteiger partial charge in [0.05, 0.1) is 28.2 Å². The number of ether oxygens (including phenoxy) is 1. The third kappa shape index (κ3) is 5.52. The first-order chi connectivity index (χ1) is 13.7. The molecular weight excluding hydrogens is 430 g/mol. The van der Waals surface area contributed by atoms with Gasteiger partial charge in [0.15, 0.2) is 5.75 Å². The number of nitrogens with one attached hydrogen (secondary N) is 2. The van der Waals surface area contributed by atoms with E-state index in [4.69, 9.17) is 27.9 Å². The van der Waals surface area contributed by atoms with Gasteiger partial charge >= 0.3 is 12.2 Å². The van der Waals surface area contributed by atoms with Crippen LogP contribution in [0.3, 0.4) is 0 Å². The number of alkyl halides is 3. The number of nitrogens with zero attached hydrogens (tertiary/aromatic N) is 1. The average Bonchev–Trinajstić information content (AvgIpc) is 2.65. The third-order valence-electron chi connectivity index (χ3n) is 3.59. The van der Waals surface area contributed by atoms with Gasteiger partial charge in [0.2, 0.25) is 0 Å². The number of anilines is 2. The number of aromatic nitrogens is 1. The van der Waals surface area contributed by atoms with Crippen LogP contribution in [0.2, 0.25) is 10.0 Å². The maximum atomic E-state index is 13.1. The largest absolute Gasteiger partial charge is 0.454 e. The second kappa shape index (κ2) is 8.59. The molecule has 0 saturated carbocycles. The predicted octanol–water partition coefficient (Wildman–Crippen LogP) is 6.84. The molecule has 2 N–H and O–H groups in total. The molecule has 0 aliphatic rings. The van der Waals surface area contributed by atoms with E-state index in [0.29, 0.717) is 10.7 Å².